The highest BCUT2D eigenvalue weighted by atomic mass is 32.2. The van der Waals surface area contributed by atoms with E-state index in [9.17, 15) is 0 Å². The van der Waals surface area contributed by atoms with Crippen LogP contribution < -0.4 is 5.32 Å². The van der Waals surface area contributed by atoms with E-state index in [1.54, 1.807) is 0 Å². The van der Waals surface area contributed by atoms with E-state index in [-0.39, 0.29) is 0 Å². The lowest BCUT2D eigenvalue weighted by Gasteiger charge is -2.19. The standard InChI is InChI=1S/C11H23NS/c1-10(2)11(5-6-11)9-12-7-4-8-13-3/h10,12H,4-9H2,1-3H3. The van der Waals surface area contributed by atoms with Crippen LogP contribution in [0.2, 0.25) is 0 Å². The fourth-order valence-electron chi connectivity index (χ4n) is 1.80. The first-order chi connectivity index (χ1) is 6.21. The molecular weight excluding hydrogens is 178 g/mol. The zero-order valence-corrected chi connectivity index (χ0v) is 10.0. The molecule has 0 aromatic heterocycles. The normalized spacial score (nSPS) is 19.4. The minimum Gasteiger partial charge on any atom is -0.316 e. The minimum atomic E-state index is 0.680. The molecule has 0 unspecified atom stereocenters. The van der Waals surface area contributed by atoms with E-state index in [4.69, 9.17) is 0 Å². The van der Waals surface area contributed by atoms with Crippen LogP contribution in [0.1, 0.15) is 33.1 Å². The molecule has 1 aliphatic carbocycles. The Labute approximate surface area is 87.1 Å². The summed E-state index contributed by atoms with van der Waals surface area (Å²) >= 11 is 1.94. The van der Waals surface area contributed by atoms with Crippen LogP contribution in [0.4, 0.5) is 0 Å². The molecule has 0 radical (unpaired) electrons. The predicted molar refractivity (Wildman–Crippen MR) is 62.4 cm³/mol. The summed E-state index contributed by atoms with van der Waals surface area (Å²) in [6, 6.07) is 0. The Morgan fingerprint density at radius 2 is 2.08 bits per heavy atom. The Hall–Kier alpha value is 0.310. The van der Waals surface area contributed by atoms with Crippen molar-refractivity contribution in [3.8, 4) is 0 Å². The zero-order valence-electron chi connectivity index (χ0n) is 9.23. The smallest absolute Gasteiger partial charge is 0.00103 e. The summed E-state index contributed by atoms with van der Waals surface area (Å²) in [5.41, 5.74) is 0.680. The van der Waals surface area contributed by atoms with E-state index >= 15 is 0 Å². The second-order valence-electron chi connectivity index (χ2n) is 4.54. The molecule has 13 heavy (non-hydrogen) atoms. The second kappa shape index (κ2) is 5.26. The third kappa shape index (κ3) is 3.51. The fraction of sp³-hybridized carbons (Fsp3) is 1.00. The van der Waals surface area contributed by atoms with E-state index < -0.39 is 0 Å². The Balaban J connectivity index is 1.99. The van der Waals surface area contributed by atoms with Crippen molar-refractivity contribution in [3.05, 3.63) is 0 Å². The largest absolute Gasteiger partial charge is 0.316 e. The fourth-order valence-corrected chi connectivity index (χ4v) is 2.23. The first-order valence-electron chi connectivity index (χ1n) is 5.41. The van der Waals surface area contributed by atoms with Crippen LogP contribution in [0, 0.1) is 11.3 Å². The maximum absolute atomic E-state index is 3.59. The van der Waals surface area contributed by atoms with Crippen LogP contribution in [0.25, 0.3) is 0 Å². The van der Waals surface area contributed by atoms with E-state index in [0.717, 1.165) is 5.92 Å². The molecule has 0 amide bonds. The average Bonchev–Trinajstić information content (AvgIpc) is 2.85. The van der Waals surface area contributed by atoms with Gasteiger partial charge in [-0.25, -0.2) is 0 Å². The molecule has 0 saturated heterocycles. The van der Waals surface area contributed by atoms with Crippen molar-refractivity contribution in [2.45, 2.75) is 33.1 Å². The topological polar surface area (TPSA) is 12.0 Å². The molecular formula is C11H23NS. The number of hydrogen-bond donors (Lipinski definition) is 1. The van der Waals surface area contributed by atoms with E-state index in [1.807, 2.05) is 11.8 Å². The van der Waals surface area contributed by atoms with Gasteiger partial charge in [-0.05, 0) is 49.1 Å². The molecule has 0 atom stereocenters. The van der Waals surface area contributed by atoms with Crippen LogP contribution >= 0.6 is 11.8 Å². The number of thioether (sulfide) groups is 1. The van der Waals surface area contributed by atoms with Gasteiger partial charge in [0.15, 0.2) is 0 Å². The van der Waals surface area contributed by atoms with Gasteiger partial charge in [-0.15, -0.1) is 0 Å². The molecule has 0 aromatic rings. The third-order valence-electron chi connectivity index (χ3n) is 3.30. The molecule has 0 aliphatic heterocycles. The van der Waals surface area contributed by atoms with Crippen LogP contribution in [0.3, 0.4) is 0 Å². The zero-order chi connectivity index (χ0) is 9.73. The van der Waals surface area contributed by atoms with E-state index in [1.165, 1.54) is 38.1 Å². The summed E-state index contributed by atoms with van der Waals surface area (Å²) in [6.07, 6.45) is 6.38. The summed E-state index contributed by atoms with van der Waals surface area (Å²) in [6.45, 7) is 7.17. The van der Waals surface area contributed by atoms with Gasteiger partial charge in [0.05, 0.1) is 0 Å². The highest BCUT2D eigenvalue weighted by Crippen LogP contribution is 2.51. The third-order valence-corrected chi connectivity index (χ3v) is 3.99. The summed E-state index contributed by atoms with van der Waals surface area (Å²) < 4.78 is 0. The van der Waals surface area contributed by atoms with Crippen LogP contribution in [0.15, 0.2) is 0 Å². The Morgan fingerprint density at radius 3 is 2.54 bits per heavy atom. The van der Waals surface area contributed by atoms with E-state index in [0.29, 0.717) is 5.41 Å². The van der Waals surface area contributed by atoms with Gasteiger partial charge in [0.2, 0.25) is 0 Å². The van der Waals surface area contributed by atoms with E-state index in [2.05, 4.69) is 25.4 Å². The lowest BCUT2D eigenvalue weighted by atomic mass is 9.92. The van der Waals surface area contributed by atoms with Crippen molar-refractivity contribution >= 4 is 11.8 Å². The van der Waals surface area contributed by atoms with Gasteiger partial charge in [0.25, 0.3) is 0 Å². The van der Waals surface area contributed by atoms with Gasteiger partial charge in [-0.1, -0.05) is 13.8 Å². The van der Waals surface area contributed by atoms with Crippen LogP contribution in [0.5, 0.6) is 0 Å². The highest BCUT2D eigenvalue weighted by molar-refractivity contribution is 7.98. The maximum Gasteiger partial charge on any atom is 0.00103 e. The van der Waals surface area contributed by atoms with Crippen LogP contribution in [-0.4, -0.2) is 25.1 Å². The molecule has 1 N–H and O–H groups in total. The van der Waals surface area contributed by atoms with Gasteiger partial charge >= 0.3 is 0 Å². The lowest BCUT2D eigenvalue weighted by molar-refractivity contribution is 0.339. The molecule has 78 valence electrons. The number of nitrogens with one attached hydrogen (secondary N) is 1. The molecule has 1 nitrogen and oxygen atoms in total. The number of rotatable bonds is 7. The van der Waals surface area contributed by atoms with Crippen molar-refractivity contribution in [2.24, 2.45) is 11.3 Å². The van der Waals surface area contributed by atoms with Gasteiger partial charge in [0.1, 0.15) is 0 Å². The van der Waals surface area contributed by atoms with Gasteiger partial charge < -0.3 is 5.32 Å². The van der Waals surface area contributed by atoms with Gasteiger partial charge in [-0.3, -0.25) is 0 Å². The molecule has 1 saturated carbocycles. The average molecular weight is 201 g/mol. The molecule has 0 heterocycles. The number of hydrogen-bond acceptors (Lipinski definition) is 2. The Morgan fingerprint density at radius 1 is 1.38 bits per heavy atom. The first kappa shape index (κ1) is 11.4. The molecule has 1 rings (SSSR count). The predicted octanol–water partition coefficient (Wildman–Crippen LogP) is 2.77. The maximum atomic E-state index is 3.59. The monoisotopic (exact) mass is 201 g/mol. The Kier molecular flexibility index (Phi) is 4.60. The lowest BCUT2D eigenvalue weighted by Crippen LogP contribution is -2.28. The van der Waals surface area contributed by atoms with Crippen molar-refractivity contribution < 1.29 is 0 Å². The summed E-state index contributed by atoms with van der Waals surface area (Å²) in [4.78, 5) is 0. The second-order valence-corrected chi connectivity index (χ2v) is 5.53. The molecule has 0 spiro atoms. The summed E-state index contributed by atoms with van der Waals surface area (Å²) in [5.74, 6) is 2.15. The minimum absolute atomic E-state index is 0.680. The summed E-state index contributed by atoms with van der Waals surface area (Å²) in [5, 5.41) is 3.59. The van der Waals surface area contributed by atoms with Crippen molar-refractivity contribution in [3.63, 3.8) is 0 Å². The van der Waals surface area contributed by atoms with Gasteiger partial charge in [0, 0.05) is 6.54 Å². The summed E-state index contributed by atoms with van der Waals surface area (Å²) in [7, 11) is 0. The molecule has 0 bridgehead atoms. The Bertz CT molecular complexity index is 141. The first-order valence-corrected chi connectivity index (χ1v) is 6.80. The van der Waals surface area contributed by atoms with Crippen LogP contribution in [-0.2, 0) is 0 Å². The molecule has 2 heteroatoms. The molecule has 1 aliphatic rings. The van der Waals surface area contributed by atoms with Crippen molar-refractivity contribution in [1.29, 1.82) is 0 Å². The quantitative estimate of drug-likeness (QED) is 0.636. The van der Waals surface area contributed by atoms with Gasteiger partial charge in [-0.2, -0.15) is 11.8 Å². The molecule has 1 fully saturated rings. The highest BCUT2D eigenvalue weighted by Gasteiger charge is 2.44. The molecule has 0 aromatic carbocycles. The SMILES string of the molecule is CSCCCNCC1(C(C)C)CC1. The van der Waals surface area contributed by atoms with Crippen molar-refractivity contribution in [1.82, 2.24) is 5.32 Å². The van der Waals surface area contributed by atoms with Crippen molar-refractivity contribution in [2.75, 3.05) is 25.1 Å².